The van der Waals surface area contributed by atoms with Crippen LogP contribution in [0.2, 0.25) is 0 Å². The Morgan fingerprint density at radius 3 is 2.45 bits per heavy atom. The minimum absolute atomic E-state index is 0.392. The molecular weight excluding hydrogens is 145 g/mol. The van der Waals surface area contributed by atoms with Crippen molar-refractivity contribution < 1.29 is 9.18 Å². The summed E-state index contributed by atoms with van der Waals surface area (Å²) >= 11 is 0. The van der Waals surface area contributed by atoms with Crippen molar-refractivity contribution in [2.75, 3.05) is 14.1 Å². The maximum atomic E-state index is 12.9. The average molecular weight is 157 g/mol. The zero-order chi connectivity index (χ0) is 8.48. The van der Waals surface area contributed by atoms with Crippen molar-refractivity contribution in [3.63, 3.8) is 0 Å². The van der Waals surface area contributed by atoms with Crippen molar-refractivity contribution in [1.29, 1.82) is 0 Å². The largest absolute Gasteiger partial charge is 0.383 e. The fourth-order valence-corrected chi connectivity index (χ4v) is 0.722. The predicted molar refractivity (Wildman–Crippen MR) is 40.9 cm³/mol. The number of allylic oxidation sites excluding steroid dienone is 1. The predicted octanol–water partition coefficient (Wildman–Crippen LogP) is 1.13. The second kappa shape index (κ2) is 2.64. The lowest BCUT2D eigenvalue weighted by molar-refractivity contribution is -0.120. The normalized spacial score (nSPS) is 20.3. The number of rotatable bonds is 3. The number of hydrogen-bond acceptors (Lipinski definition) is 2. The molecule has 0 aromatic rings. The summed E-state index contributed by atoms with van der Waals surface area (Å²) in [7, 11) is 3.59. The first-order chi connectivity index (χ1) is 5.04. The molecule has 11 heavy (non-hydrogen) atoms. The fourth-order valence-electron chi connectivity index (χ4n) is 0.722. The highest BCUT2D eigenvalue weighted by Gasteiger charge is 2.49. The topological polar surface area (TPSA) is 20.3 Å². The van der Waals surface area contributed by atoms with Crippen molar-refractivity contribution in [1.82, 2.24) is 4.90 Å². The Labute approximate surface area is 65.7 Å². The molecule has 62 valence electrons. The van der Waals surface area contributed by atoms with E-state index in [9.17, 15) is 9.18 Å². The molecule has 0 heterocycles. The van der Waals surface area contributed by atoms with Crippen molar-refractivity contribution in [2.24, 2.45) is 0 Å². The van der Waals surface area contributed by atoms with Crippen molar-refractivity contribution in [3.8, 4) is 0 Å². The third kappa shape index (κ3) is 2.03. The van der Waals surface area contributed by atoms with Crippen LogP contribution in [0.4, 0.5) is 4.39 Å². The zero-order valence-electron chi connectivity index (χ0n) is 6.80. The molecule has 0 amide bonds. The number of halogens is 1. The summed E-state index contributed by atoms with van der Waals surface area (Å²) < 4.78 is 12.9. The number of ketones is 1. The molecule has 2 nitrogen and oxygen atoms in total. The molecule has 0 radical (unpaired) electrons. The molecule has 1 saturated carbocycles. The molecule has 0 saturated heterocycles. The third-order valence-corrected chi connectivity index (χ3v) is 1.65. The molecule has 1 fully saturated rings. The number of hydrogen-bond donors (Lipinski definition) is 0. The van der Waals surface area contributed by atoms with Gasteiger partial charge in [-0.15, -0.1) is 0 Å². The van der Waals surface area contributed by atoms with Gasteiger partial charge >= 0.3 is 0 Å². The van der Waals surface area contributed by atoms with E-state index < -0.39 is 11.5 Å². The molecule has 0 aromatic heterocycles. The van der Waals surface area contributed by atoms with E-state index in [1.807, 2.05) is 0 Å². The molecule has 1 aliphatic rings. The summed E-state index contributed by atoms with van der Waals surface area (Å²) in [5.74, 6) is -0.397. The Morgan fingerprint density at radius 2 is 2.09 bits per heavy atom. The van der Waals surface area contributed by atoms with Crippen molar-refractivity contribution >= 4 is 5.78 Å². The van der Waals surface area contributed by atoms with E-state index >= 15 is 0 Å². The molecular formula is C8H12FNO. The molecule has 1 rings (SSSR count). The number of carbonyl (C=O) groups excluding carboxylic acids is 1. The van der Waals surface area contributed by atoms with E-state index in [1.54, 1.807) is 25.2 Å². The number of carbonyl (C=O) groups is 1. The van der Waals surface area contributed by atoms with Crippen LogP contribution >= 0.6 is 0 Å². The molecule has 0 unspecified atom stereocenters. The van der Waals surface area contributed by atoms with Crippen LogP contribution in [0, 0.1) is 0 Å². The SMILES string of the molecule is CN(C)/C=C/C(=O)C1(F)CC1. The van der Waals surface area contributed by atoms with Crippen LogP contribution in [0.5, 0.6) is 0 Å². The van der Waals surface area contributed by atoms with Crippen molar-refractivity contribution in [2.45, 2.75) is 18.5 Å². The summed E-state index contributed by atoms with van der Waals surface area (Å²) in [6.45, 7) is 0. The van der Waals surface area contributed by atoms with Gasteiger partial charge in [-0.25, -0.2) is 4.39 Å². The zero-order valence-corrected chi connectivity index (χ0v) is 6.80. The van der Waals surface area contributed by atoms with Gasteiger partial charge in [0, 0.05) is 26.4 Å². The minimum atomic E-state index is -1.51. The highest BCUT2D eigenvalue weighted by Crippen LogP contribution is 2.40. The average Bonchev–Trinajstić information content (AvgIpc) is 2.64. The Bertz CT molecular complexity index is 194. The summed E-state index contributed by atoms with van der Waals surface area (Å²) in [5.41, 5.74) is -1.51. The summed E-state index contributed by atoms with van der Waals surface area (Å²) in [4.78, 5) is 12.7. The summed E-state index contributed by atoms with van der Waals surface area (Å²) in [6.07, 6.45) is 3.65. The highest BCUT2D eigenvalue weighted by atomic mass is 19.1. The van der Waals surface area contributed by atoms with Gasteiger partial charge in [-0.2, -0.15) is 0 Å². The Hall–Kier alpha value is -0.860. The second-order valence-electron chi connectivity index (χ2n) is 3.11. The molecule has 0 spiro atoms. The lowest BCUT2D eigenvalue weighted by Gasteiger charge is -2.03. The molecule has 0 aromatic carbocycles. The van der Waals surface area contributed by atoms with Gasteiger partial charge in [0.1, 0.15) is 0 Å². The maximum Gasteiger partial charge on any atom is 0.194 e. The maximum absolute atomic E-state index is 12.9. The Balaban J connectivity index is 2.44. The Kier molecular flexibility index (Phi) is 1.98. The lowest BCUT2D eigenvalue weighted by atomic mass is 10.2. The molecule has 0 N–H and O–H groups in total. The molecule has 3 heteroatoms. The van der Waals surface area contributed by atoms with Gasteiger partial charge < -0.3 is 4.90 Å². The van der Waals surface area contributed by atoms with Gasteiger partial charge in [-0.05, 0) is 12.8 Å². The van der Waals surface area contributed by atoms with Gasteiger partial charge in [-0.1, -0.05) is 0 Å². The lowest BCUT2D eigenvalue weighted by Crippen LogP contribution is -2.14. The molecule has 0 aliphatic heterocycles. The third-order valence-electron chi connectivity index (χ3n) is 1.65. The molecule has 0 bridgehead atoms. The van der Waals surface area contributed by atoms with E-state index in [1.165, 1.54) is 6.08 Å². The first-order valence-corrected chi connectivity index (χ1v) is 3.62. The van der Waals surface area contributed by atoms with Crippen LogP contribution in [0.15, 0.2) is 12.3 Å². The number of nitrogens with zero attached hydrogens (tertiary/aromatic N) is 1. The second-order valence-corrected chi connectivity index (χ2v) is 3.11. The first kappa shape index (κ1) is 8.24. The van der Waals surface area contributed by atoms with Gasteiger partial charge in [0.2, 0.25) is 0 Å². The minimum Gasteiger partial charge on any atom is -0.383 e. The summed E-state index contributed by atoms with van der Waals surface area (Å²) in [5, 5.41) is 0. The van der Waals surface area contributed by atoms with Crippen LogP contribution in [-0.4, -0.2) is 30.4 Å². The molecule has 0 atom stereocenters. The summed E-state index contributed by atoms with van der Waals surface area (Å²) in [6, 6.07) is 0. The van der Waals surface area contributed by atoms with Gasteiger partial charge in [0.05, 0.1) is 0 Å². The van der Waals surface area contributed by atoms with E-state index in [-0.39, 0.29) is 0 Å². The van der Waals surface area contributed by atoms with Gasteiger partial charge in [0.15, 0.2) is 11.5 Å². The molecule has 1 aliphatic carbocycles. The van der Waals surface area contributed by atoms with Crippen LogP contribution < -0.4 is 0 Å². The Morgan fingerprint density at radius 1 is 1.55 bits per heavy atom. The van der Waals surface area contributed by atoms with Crippen LogP contribution in [0.25, 0.3) is 0 Å². The fraction of sp³-hybridized carbons (Fsp3) is 0.625. The quantitative estimate of drug-likeness (QED) is 0.572. The number of alkyl halides is 1. The van der Waals surface area contributed by atoms with Crippen LogP contribution in [0.1, 0.15) is 12.8 Å². The first-order valence-electron chi connectivity index (χ1n) is 3.62. The van der Waals surface area contributed by atoms with Gasteiger partial charge in [-0.3, -0.25) is 4.79 Å². The van der Waals surface area contributed by atoms with E-state index in [0.717, 1.165) is 0 Å². The van der Waals surface area contributed by atoms with Crippen molar-refractivity contribution in [3.05, 3.63) is 12.3 Å². The van der Waals surface area contributed by atoms with Gasteiger partial charge in [0.25, 0.3) is 0 Å². The van der Waals surface area contributed by atoms with E-state index in [0.29, 0.717) is 12.8 Å². The van der Waals surface area contributed by atoms with E-state index in [2.05, 4.69) is 0 Å². The van der Waals surface area contributed by atoms with Crippen LogP contribution in [-0.2, 0) is 4.79 Å². The van der Waals surface area contributed by atoms with Crippen LogP contribution in [0.3, 0.4) is 0 Å². The highest BCUT2D eigenvalue weighted by molar-refractivity contribution is 5.99. The van der Waals surface area contributed by atoms with E-state index in [4.69, 9.17) is 0 Å². The monoisotopic (exact) mass is 157 g/mol. The standard InChI is InChI=1S/C8H12FNO/c1-10(2)6-3-7(11)8(9)4-5-8/h3,6H,4-5H2,1-2H3/b6-3+. The smallest absolute Gasteiger partial charge is 0.194 e.